The zero-order valence-corrected chi connectivity index (χ0v) is 19.6. The minimum atomic E-state index is -0.775. The minimum Gasteiger partial charge on any atom is -0.466 e. The summed E-state index contributed by atoms with van der Waals surface area (Å²) in [5.41, 5.74) is -0.398. The van der Waals surface area contributed by atoms with Gasteiger partial charge in [0, 0.05) is 32.4 Å². The molecule has 1 heterocycles. The molecule has 0 atom stereocenters. The Morgan fingerprint density at radius 1 is 1.00 bits per heavy atom. The summed E-state index contributed by atoms with van der Waals surface area (Å²) < 4.78 is 12.9. The van der Waals surface area contributed by atoms with Crippen molar-refractivity contribution in [2.45, 2.75) is 52.1 Å². The number of carbonyl (C=O) groups excluding carboxylic acids is 4. The van der Waals surface area contributed by atoms with Crippen LogP contribution in [0.15, 0.2) is 50.1 Å². The van der Waals surface area contributed by atoms with Crippen molar-refractivity contribution in [3.05, 3.63) is 50.1 Å². The van der Waals surface area contributed by atoms with E-state index in [1.807, 2.05) is 26.8 Å². The fourth-order valence-corrected chi connectivity index (χ4v) is 2.03. The van der Waals surface area contributed by atoms with Gasteiger partial charge >= 0.3 is 23.9 Å². The standard InChI is InChI=1S/C7H12O2.C6H14Si.C4H2O3.C4H6O2/c1-5-6(8)9-7(2,3)4;1-5-6-7(2,3)4;5-3-1-2-4(6)7-3;1-3-4(5)6-2/h5H,1H2,2-4H3;5H,1,6H2,2-4H3;1-2H;3H,1H2,2H3. The van der Waals surface area contributed by atoms with Crippen molar-refractivity contribution in [2.24, 2.45) is 0 Å². The molecule has 0 saturated heterocycles. The molecule has 1 aliphatic heterocycles. The van der Waals surface area contributed by atoms with Gasteiger partial charge in [-0.25, -0.2) is 19.2 Å². The Balaban J connectivity index is -0.000000314. The van der Waals surface area contributed by atoms with Crippen LogP contribution in [0.5, 0.6) is 0 Å². The highest BCUT2D eigenvalue weighted by Gasteiger charge is 2.13. The van der Waals surface area contributed by atoms with Crippen LogP contribution >= 0.6 is 0 Å². The molecule has 29 heavy (non-hydrogen) atoms. The lowest BCUT2D eigenvalue weighted by Gasteiger charge is -2.17. The van der Waals surface area contributed by atoms with Crippen LogP contribution in [0.2, 0.25) is 25.7 Å². The van der Waals surface area contributed by atoms with E-state index < -0.39 is 31.6 Å². The summed E-state index contributed by atoms with van der Waals surface area (Å²) in [4.78, 5) is 40.2. The van der Waals surface area contributed by atoms with Crippen LogP contribution in [0, 0.1) is 0 Å². The van der Waals surface area contributed by atoms with Crippen LogP contribution in [0.4, 0.5) is 0 Å². The Morgan fingerprint density at radius 2 is 1.41 bits per heavy atom. The molecule has 1 aliphatic rings. The largest absolute Gasteiger partial charge is 0.466 e. The van der Waals surface area contributed by atoms with E-state index in [2.05, 4.69) is 48.9 Å². The molecular formula is C21H34O7Si. The lowest BCUT2D eigenvalue weighted by molar-refractivity contribution is -0.151. The lowest BCUT2D eigenvalue weighted by atomic mass is 10.2. The maximum atomic E-state index is 10.5. The first-order valence-electron chi connectivity index (χ1n) is 8.72. The lowest BCUT2D eigenvalue weighted by Crippen LogP contribution is -2.22. The maximum absolute atomic E-state index is 10.5. The molecule has 8 heteroatoms. The molecule has 0 spiro atoms. The summed E-state index contributed by atoms with van der Waals surface area (Å²) in [6, 6.07) is 1.24. The Labute approximate surface area is 175 Å². The van der Waals surface area contributed by atoms with Crippen molar-refractivity contribution >= 4 is 32.0 Å². The SMILES string of the molecule is C=CC(=O)OC.C=CC(=O)OC(C)(C)C.C=CC[Si](C)(C)C.O=C1C=CC(=O)O1. The van der Waals surface area contributed by atoms with Crippen LogP contribution in [-0.4, -0.2) is 44.7 Å². The summed E-state index contributed by atoms with van der Waals surface area (Å²) in [6.07, 6.45) is 6.46. The van der Waals surface area contributed by atoms with E-state index in [1.165, 1.54) is 13.2 Å². The maximum Gasteiger partial charge on any atom is 0.338 e. The number of esters is 4. The van der Waals surface area contributed by atoms with Gasteiger partial charge < -0.3 is 14.2 Å². The molecule has 0 radical (unpaired) electrons. The van der Waals surface area contributed by atoms with Gasteiger partial charge in [0.1, 0.15) is 5.60 Å². The van der Waals surface area contributed by atoms with Crippen LogP contribution in [0.1, 0.15) is 20.8 Å². The van der Waals surface area contributed by atoms with Crippen LogP contribution < -0.4 is 0 Å². The van der Waals surface area contributed by atoms with Crippen molar-refractivity contribution in [2.75, 3.05) is 7.11 Å². The summed E-state index contributed by atoms with van der Waals surface area (Å²) >= 11 is 0. The fourth-order valence-electron chi connectivity index (χ4n) is 1.16. The van der Waals surface area contributed by atoms with Gasteiger partial charge in [0.2, 0.25) is 0 Å². The topological polar surface area (TPSA) is 96.0 Å². The van der Waals surface area contributed by atoms with Crippen molar-refractivity contribution in [3.63, 3.8) is 0 Å². The molecule has 7 nitrogen and oxygen atoms in total. The van der Waals surface area contributed by atoms with Crippen LogP contribution in [0.25, 0.3) is 0 Å². The predicted octanol–water partition coefficient (Wildman–Crippen LogP) is 4.00. The third-order valence-electron chi connectivity index (χ3n) is 2.25. The number of carbonyl (C=O) groups is 4. The van der Waals surface area contributed by atoms with Crippen molar-refractivity contribution < 1.29 is 33.4 Å². The normalized spacial score (nSPS) is 11.7. The number of rotatable bonds is 4. The molecule has 0 aliphatic carbocycles. The van der Waals surface area contributed by atoms with E-state index >= 15 is 0 Å². The Hall–Kier alpha value is -2.74. The predicted molar refractivity (Wildman–Crippen MR) is 117 cm³/mol. The number of cyclic esters (lactones) is 2. The Kier molecular flexibility index (Phi) is 17.3. The molecule has 0 aromatic heterocycles. The average Bonchev–Trinajstić information content (AvgIpc) is 2.96. The number of hydrogen-bond acceptors (Lipinski definition) is 7. The molecule has 164 valence electrons. The molecule has 0 aromatic carbocycles. The summed E-state index contributed by atoms with van der Waals surface area (Å²) in [5.74, 6) is -1.92. The number of allylic oxidation sites excluding steroid dienone is 1. The van der Waals surface area contributed by atoms with Crippen LogP contribution in [0.3, 0.4) is 0 Å². The third kappa shape index (κ3) is 30.2. The quantitative estimate of drug-likeness (QED) is 0.167. The first kappa shape index (κ1) is 31.0. The van der Waals surface area contributed by atoms with Crippen LogP contribution in [-0.2, 0) is 33.4 Å². The van der Waals surface area contributed by atoms with Gasteiger partial charge in [-0.15, -0.1) is 6.58 Å². The zero-order chi connectivity index (χ0) is 23.7. The second-order valence-corrected chi connectivity index (χ2v) is 13.1. The van der Waals surface area contributed by atoms with Crippen molar-refractivity contribution in [1.82, 2.24) is 0 Å². The van der Waals surface area contributed by atoms with Crippen molar-refractivity contribution in [1.29, 1.82) is 0 Å². The van der Waals surface area contributed by atoms with Gasteiger partial charge in [0.15, 0.2) is 0 Å². The highest BCUT2D eigenvalue weighted by molar-refractivity contribution is 6.76. The zero-order valence-electron chi connectivity index (χ0n) is 18.6. The smallest absolute Gasteiger partial charge is 0.338 e. The average molecular weight is 427 g/mol. The van der Waals surface area contributed by atoms with Gasteiger partial charge in [0.05, 0.1) is 7.11 Å². The first-order chi connectivity index (χ1) is 13.1. The number of methoxy groups -OCH3 is 1. The first-order valence-corrected chi connectivity index (χ1v) is 12.4. The molecule has 1 rings (SSSR count). The van der Waals surface area contributed by atoms with E-state index in [1.54, 1.807) is 0 Å². The minimum absolute atomic E-state index is 0.373. The molecule has 0 amide bonds. The van der Waals surface area contributed by atoms with Gasteiger partial charge in [-0.1, -0.05) is 38.9 Å². The molecule has 0 aromatic rings. The summed E-state index contributed by atoms with van der Waals surface area (Å²) in [6.45, 7) is 22.6. The Morgan fingerprint density at radius 3 is 1.48 bits per heavy atom. The highest BCUT2D eigenvalue weighted by atomic mass is 28.3. The second-order valence-electron chi connectivity index (χ2n) is 7.59. The van der Waals surface area contributed by atoms with Crippen molar-refractivity contribution in [3.8, 4) is 0 Å². The van der Waals surface area contributed by atoms with E-state index in [0.29, 0.717) is 0 Å². The number of hydrogen-bond donors (Lipinski definition) is 0. The van der Waals surface area contributed by atoms with Gasteiger partial charge in [-0.05, 0) is 26.8 Å². The molecule has 0 N–H and O–H groups in total. The van der Waals surface area contributed by atoms with Gasteiger partial charge in [-0.2, -0.15) is 0 Å². The monoisotopic (exact) mass is 426 g/mol. The summed E-state index contributed by atoms with van der Waals surface area (Å²) in [7, 11) is 0.534. The molecule has 0 unspecified atom stereocenters. The fraction of sp³-hybridized carbons (Fsp3) is 0.429. The molecule has 0 bridgehead atoms. The molecular weight excluding hydrogens is 392 g/mol. The number of ether oxygens (including phenoxy) is 3. The second kappa shape index (κ2) is 16.2. The van der Waals surface area contributed by atoms with Gasteiger partial charge in [0.25, 0.3) is 0 Å². The highest BCUT2D eigenvalue weighted by Crippen LogP contribution is 2.07. The van der Waals surface area contributed by atoms with Gasteiger partial charge in [-0.3, -0.25) is 0 Å². The summed E-state index contributed by atoms with van der Waals surface area (Å²) in [5, 5.41) is 0. The third-order valence-corrected chi connectivity index (χ3v) is 3.77. The Bertz CT molecular complexity index is 589. The van der Waals surface area contributed by atoms with E-state index in [-0.39, 0.29) is 5.97 Å². The van der Waals surface area contributed by atoms with E-state index in [0.717, 1.165) is 24.3 Å². The van der Waals surface area contributed by atoms with E-state index in [9.17, 15) is 19.2 Å². The molecule has 0 fully saturated rings. The molecule has 0 saturated carbocycles. The van der Waals surface area contributed by atoms with E-state index in [4.69, 9.17) is 4.74 Å².